The zero-order chi connectivity index (χ0) is 30.3. The average Bonchev–Trinajstić information content (AvgIpc) is 3.05. The molecule has 0 saturated heterocycles. The number of carbonyl (C=O) groups is 2. The van der Waals surface area contributed by atoms with Gasteiger partial charge in [-0.3, -0.25) is 10.9 Å². The number of benzene rings is 4. The fraction of sp³-hybridized carbons (Fsp3) is 0.176. The van der Waals surface area contributed by atoms with Crippen LogP contribution in [0.15, 0.2) is 132 Å². The maximum absolute atomic E-state index is 13.4. The van der Waals surface area contributed by atoms with Crippen molar-refractivity contribution >= 4 is 34.7 Å². The lowest BCUT2D eigenvalue weighted by molar-refractivity contribution is -0.136. The molecule has 0 aliphatic carbocycles. The molecule has 0 aromatic heterocycles. The molecular formula is C34H34N4O5. The summed E-state index contributed by atoms with van der Waals surface area (Å²) in [6.45, 7) is 3.69. The number of nitrogens with one attached hydrogen (secondary N) is 2. The molecule has 2 atom stereocenters. The topological polar surface area (TPSA) is 111 Å². The molecule has 2 N–H and O–H groups in total. The molecule has 0 spiro atoms. The van der Waals surface area contributed by atoms with Crippen LogP contribution in [0.25, 0.3) is 0 Å². The lowest BCUT2D eigenvalue weighted by Crippen LogP contribution is -2.33. The molecule has 0 aliphatic heterocycles. The molecule has 0 fully saturated rings. The third-order valence-electron chi connectivity index (χ3n) is 6.10. The molecule has 0 radical (unpaired) electrons. The van der Waals surface area contributed by atoms with Gasteiger partial charge in [0.15, 0.2) is 11.4 Å². The number of rotatable bonds is 14. The minimum Gasteiger partial charge on any atom is -0.461 e. The highest BCUT2D eigenvalue weighted by atomic mass is 16.5. The summed E-state index contributed by atoms with van der Waals surface area (Å²) in [6.07, 6.45) is -2.14. The van der Waals surface area contributed by atoms with Crippen LogP contribution in [-0.2, 0) is 23.8 Å². The highest BCUT2D eigenvalue weighted by molar-refractivity contribution is 6.39. The SMILES string of the molecule is CCOC(=O)/C(=N\Nc1ccccc1)C(OC(/C(=N/Nc1ccccc1)C(=O)OCC)c1ccccc1)c1ccccc1. The average molecular weight is 579 g/mol. The first-order chi connectivity index (χ1) is 21.1. The molecule has 9 heteroatoms. The molecule has 4 aromatic carbocycles. The van der Waals surface area contributed by atoms with Crippen LogP contribution >= 0.6 is 0 Å². The van der Waals surface area contributed by atoms with E-state index >= 15 is 0 Å². The molecule has 4 rings (SSSR count). The first-order valence-corrected chi connectivity index (χ1v) is 14.0. The Hall–Kier alpha value is -5.28. The van der Waals surface area contributed by atoms with Gasteiger partial charge >= 0.3 is 11.9 Å². The van der Waals surface area contributed by atoms with Gasteiger partial charge in [-0.1, -0.05) is 97.1 Å². The summed E-state index contributed by atoms with van der Waals surface area (Å²) in [5.41, 5.74) is 8.35. The molecule has 0 bridgehead atoms. The molecule has 0 saturated carbocycles. The Bertz CT molecular complexity index is 1380. The summed E-state index contributed by atoms with van der Waals surface area (Å²) in [7, 11) is 0. The lowest BCUT2D eigenvalue weighted by Gasteiger charge is -2.26. The zero-order valence-electron chi connectivity index (χ0n) is 24.1. The molecule has 0 amide bonds. The Kier molecular flexibility index (Phi) is 11.6. The van der Waals surface area contributed by atoms with Crippen LogP contribution in [0.3, 0.4) is 0 Å². The highest BCUT2D eigenvalue weighted by Crippen LogP contribution is 2.31. The minimum atomic E-state index is -1.07. The van der Waals surface area contributed by atoms with Crippen LogP contribution in [-0.4, -0.2) is 36.6 Å². The van der Waals surface area contributed by atoms with Crippen molar-refractivity contribution < 1.29 is 23.8 Å². The van der Waals surface area contributed by atoms with Crippen LogP contribution in [0.1, 0.15) is 37.2 Å². The summed E-state index contributed by atoms with van der Waals surface area (Å²) in [4.78, 5) is 26.8. The first kappa shape index (κ1) is 30.7. The number of carbonyl (C=O) groups excluding carboxylic acids is 2. The van der Waals surface area contributed by atoms with E-state index in [1.54, 1.807) is 13.8 Å². The Labute approximate surface area is 251 Å². The van der Waals surface area contributed by atoms with E-state index in [1.807, 2.05) is 121 Å². The fourth-order valence-electron chi connectivity index (χ4n) is 4.10. The van der Waals surface area contributed by atoms with Gasteiger partial charge in [0.25, 0.3) is 0 Å². The van der Waals surface area contributed by atoms with E-state index in [9.17, 15) is 9.59 Å². The number of anilines is 2. The van der Waals surface area contributed by atoms with Gasteiger partial charge < -0.3 is 14.2 Å². The minimum absolute atomic E-state index is 0.0444. The van der Waals surface area contributed by atoms with Gasteiger partial charge in [0.05, 0.1) is 24.6 Å². The molecule has 220 valence electrons. The second-order valence-electron chi connectivity index (χ2n) is 9.11. The highest BCUT2D eigenvalue weighted by Gasteiger charge is 2.35. The quantitative estimate of drug-likeness (QED) is 0.0992. The number of hydrogen-bond donors (Lipinski definition) is 2. The van der Waals surface area contributed by atoms with Crippen molar-refractivity contribution in [3.63, 3.8) is 0 Å². The summed E-state index contributed by atoms with van der Waals surface area (Å²) in [5.74, 6) is -1.35. The Morgan fingerprint density at radius 2 is 0.884 bits per heavy atom. The van der Waals surface area contributed by atoms with E-state index in [0.717, 1.165) is 0 Å². The van der Waals surface area contributed by atoms with Gasteiger partial charge in [0, 0.05) is 0 Å². The van der Waals surface area contributed by atoms with E-state index in [-0.39, 0.29) is 24.6 Å². The van der Waals surface area contributed by atoms with Crippen molar-refractivity contribution in [1.82, 2.24) is 0 Å². The van der Waals surface area contributed by atoms with Crippen molar-refractivity contribution in [2.75, 3.05) is 24.1 Å². The summed E-state index contributed by atoms with van der Waals surface area (Å²) >= 11 is 0. The van der Waals surface area contributed by atoms with Gasteiger partial charge in [0.2, 0.25) is 0 Å². The number of para-hydroxylation sites is 2. The smallest absolute Gasteiger partial charge is 0.357 e. The Morgan fingerprint density at radius 3 is 1.21 bits per heavy atom. The Balaban J connectivity index is 1.84. The number of ether oxygens (including phenoxy) is 3. The van der Waals surface area contributed by atoms with Crippen LogP contribution in [0.5, 0.6) is 0 Å². The summed E-state index contributed by atoms with van der Waals surface area (Å²) in [5, 5.41) is 8.93. The summed E-state index contributed by atoms with van der Waals surface area (Å²) < 4.78 is 17.5. The second-order valence-corrected chi connectivity index (χ2v) is 9.11. The third kappa shape index (κ3) is 8.85. The van der Waals surface area contributed by atoms with Crippen molar-refractivity contribution in [2.45, 2.75) is 26.1 Å². The first-order valence-electron chi connectivity index (χ1n) is 14.0. The number of nitrogens with zero attached hydrogens (tertiary/aromatic N) is 2. The largest absolute Gasteiger partial charge is 0.461 e. The maximum atomic E-state index is 13.4. The van der Waals surface area contributed by atoms with Crippen molar-refractivity contribution in [2.24, 2.45) is 10.2 Å². The monoisotopic (exact) mass is 578 g/mol. The molecule has 0 aliphatic rings. The van der Waals surface area contributed by atoms with Crippen LogP contribution in [0.2, 0.25) is 0 Å². The van der Waals surface area contributed by atoms with E-state index < -0.39 is 24.1 Å². The van der Waals surface area contributed by atoms with Crippen molar-refractivity contribution in [1.29, 1.82) is 0 Å². The lowest BCUT2D eigenvalue weighted by atomic mass is 10.0. The number of esters is 2. The molecular weight excluding hydrogens is 544 g/mol. The van der Waals surface area contributed by atoms with Crippen LogP contribution in [0.4, 0.5) is 11.4 Å². The molecule has 4 aromatic rings. The predicted octanol–water partition coefficient (Wildman–Crippen LogP) is 6.55. The normalized spacial score (nSPS) is 13.0. The molecule has 2 unspecified atom stereocenters. The van der Waals surface area contributed by atoms with E-state index in [4.69, 9.17) is 14.2 Å². The van der Waals surface area contributed by atoms with Gasteiger partial charge in [-0.25, -0.2) is 9.59 Å². The molecule has 43 heavy (non-hydrogen) atoms. The van der Waals surface area contributed by atoms with Gasteiger partial charge in [-0.05, 0) is 49.2 Å². The van der Waals surface area contributed by atoms with E-state index in [0.29, 0.717) is 22.5 Å². The predicted molar refractivity (Wildman–Crippen MR) is 168 cm³/mol. The summed E-state index contributed by atoms with van der Waals surface area (Å²) in [6, 6.07) is 36.7. The molecule has 0 heterocycles. The third-order valence-corrected chi connectivity index (χ3v) is 6.10. The van der Waals surface area contributed by atoms with Gasteiger partial charge in [-0.2, -0.15) is 10.2 Å². The van der Waals surface area contributed by atoms with Crippen molar-refractivity contribution in [3.8, 4) is 0 Å². The van der Waals surface area contributed by atoms with E-state index in [2.05, 4.69) is 21.1 Å². The fourth-order valence-corrected chi connectivity index (χ4v) is 4.10. The Morgan fingerprint density at radius 1 is 0.558 bits per heavy atom. The molecule has 9 nitrogen and oxygen atoms in total. The zero-order valence-corrected chi connectivity index (χ0v) is 24.1. The van der Waals surface area contributed by atoms with Gasteiger partial charge in [0.1, 0.15) is 12.2 Å². The second kappa shape index (κ2) is 16.2. The van der Waals surface area contributed by atoms with E-state index in [1.165, 1.54) is 0 Å². The standard InChI is InChI=1S/C34H34N4O5/c1-3-41-33(39)29(37-35-27-21-13-7-14-22-27)31(25-17-9-5-10-18-25)43-32(26-19-11-6-12-20-26)30(34(40)42-4-2)38-36-28-23-15-8-16-24-28/h5-24,31-32,35-36H,3-4H2,1-2H3/b37-29-,38-30-. The maximum Gasteiger partial charge on any atom is 0.357 e. The number of hydrogen-bond acceptors (Lipinski definition) is 9. The number of hydrazone groups is 2. The van der Waals surface area contributed by atoms with Crippen molar-refractivity contribution in [3.05, 3.63) is 132 Å². The van der Waals surface area contributed by atoms with Crippen LogP contribution in [0, 0.1) is 0 Å². The van der Waals surface area contributed by atoms with Gasteiger partial charge in [-0.15, -0.1) is 0 Å². The van der Waals surface area contributed by atoms with Crippen LogP contribution < -0.4 is 10.9 Å².